The van der Waals surface area contributed by atoms with E-state index in [4.69, 9.17) is 4.98 Å². The first-order valence-corrected chi connectivity index (χ1v) is 11.7. The predicted octanol–water partition coefficient (Wildman–Crippen LogP) is 4.85. The van der Waals surface area contributed by atoms with E-state index in [0.29, 0.717) is 12.0 Å². The first-order valence-electron chi connectivity index (χ1n) is 10.1. The molecule has 1 fully saturated rings. The van der Waals surface area contributed by atoms with Crippen LogP contribution in [0.15, 0.2) is 30.3 Å². The Bertz CT molecular complexity index is 927. The minimum Gasteiger partial charge on any atom is -0.359 e. The Balaban J connectivity index is 1.26. The number of piperidine rings is 1. The molecule has 2 aliphatic rings. The highest BCUT2D eigenvalue weighted by atomic mass is 32.1. The molecule has 1 saturated heterocycles. The van der Waals surface area contributed by atoms with Crippen LogP contribution in [0.4, 0.5) is 10.3 Å². The van der Waals surface area contributed by atoms with Crippen LogP contribution >= 0.6 is 22.9 Å². The van der Waals surface area contributed by atoms with Gasteiger partial charge in [0.25, 0.3) is 0 Å². The van der Waals surface area contributed by atoms with Gasteiger partial charge in [0.1, 0.15) is 5.82 Å². The number of aryl methyl sites for hydroxylation is 2. The molecule has 0 bridgehead atoms. The van der Waals surface area contributed by atoms with Crippen LogP contribution < -0.4 is 10.2 Å². The molecule has 7 heteroatoms. The lowest BCUT2D eigenvalue weighted by atomic mass is 9.85. The average molecular weight is 412 g/mol. The van der Waals surface area contributed by atoms with Crippen LogP contribution in [-0.2, 0) is 6.42 Å². The Hall–Kier alpha value is -1.99. The molecule has 1 atom stereocenters. The lowest BCUT2D eigenvalue weighted by Gasteiger charge is -2.31. The zero-order valence-corrected chi connectivity index (χ0v) is 17.7. The SMILES string of the molecule is Cc1nsc(N2CCC(Nc3nc4c(s3)CCCC4c3ccccc3)CC2)n1. The number of hydrogen-bond acceptors (Lipinski definition) is 7. The van der Waals surface area contributed by atoms with Crippen LogP contribution in [0.25, 0.3) is 0 Å². The van der Waals surface area contributed by atoms with E-state index in [1.807, 2.05) is 18.3 Å². The zero-order valence-electron chi connectivity index (χ0n) is 16.1. The van der Waals surface area contributed by atoms with Crippen molar-refractivity contribution in [2.75, 3.05) is 23.3 Å². The van der Waals surface area contributed by atoms with Gasteiger partial charge in [-0.3, -0.25) is 0 Å². The second-order valence-corrected chi connectivity index (χ2v) is 9.53. The number of thiazole rings is 1. The molecule has 1 aliphatic heterocycles. The summed E-state index contributed by atoms with van der Waals surface area (Å²) in [4.78, 5) is 13.4. The highest BCUT2D eigenvalue weighted by Crippen LogP contribution is 2.40. The molecule has 1 unspecified atom stereocenters. The van der Waals surface area contributed by atoms with Gasteiger partial charge in [0.05, 0.1) is 5.69 Å². The van der Waals surface area contributed by atoms with Crippen molar-refractivity contribution in [1.82, 2.24) is 14.3 Å². The molecule has 146 valence electrons. The first-order chi connectivity index (χ1) is 13.8. The number of benzene rings is 1. The van der Waals surface area contributed by atoms with E-state index < -0.39 is 0 Å². The summed E-state index contributed by atoms with van der Waals surface area (Å²) in [5.41, 5.74) is 2.72. The summed E-state index contributed by atoms with van der Waals surface area (Å²) in [5.74, 6) is 1.33. The second kappa shape index (κ2) is 7.79. The van der Waals surface area contributed by atoms with E-state index in [1.54, 1.807) is 0 Å². The van der Waals surface area contributed by atoms with Gasteiger partial charge in [-0.25, -0.2) is 9.97 Å². The molecule has 1 N–H and O–H groups in total. The van der Waals surface area contributed by atoms with Crippen molar-refractivity contribution in [2.24, 2.45) is 0 Å². The fourth-order valence-corrected chi connectivity index (χ4v) is 6.16. The maximum atomic E-state index is 5.06. The van der Waals surface area contributed by atoms with Crippen molar-refractivity contribution in [2.45, 2.75) is 51.0 Å². The standard InChI is InChI=1S/C21H25N5S2/c1-14-22-21(28-25-14)26-12-10-16(11-13-26)23-20-24-19-17(8-5-9-18(19)27-20)15-6-3-2-4-7-15/h2-4,6-7,16-17H,5,8-13H2,1H3,(H,23,24). The van der Waals surface area contributed by atoms with Crippen molar-refractivity contribution < 1.29 is 0 Å². The van der Waals surface area contributed by atoms with E-state index >= 15 is 0 Å². The Labute approximate surface area is 174 Å². The highest BCUT2D eigenvalue weighted by Gasteiger charge is 2.27. The van der Waals surface area contributed by atoms with Crippen LogP contribution in [0.2, 0.25) is 0 Å². The Morgan fingerprint density at radius 3 is 2.64 bits per heavy atom. The van der Waals surface area contributed by atoms with Crippen LogP contribution in [-0.4, -0.2) is 33.5 Å². The molecule has 0 spiro atoms. The Morgan fingerprint density at radius 1 is 1.07 bits per heavy atom. The van der Waals surface area contributed by atoms with E-state index in [2.05, 4.69) is 49.9 Å². The molecule has 3 heterocycles. The zero-order chi connectivity index (χ0) is 18.9. The fraction of sp³-hybridized carbons (Fsp3) is 0.476. The van der Waals surface area contributed by atoms with E-state index in [1.165, 1.54) is 46.9 Å². The van der Waals surface area contributed by atoms with Gasteiger partial charge in [-0.2, -0.15) is 4.37 Å². The number of rotatable bonds is 4. The molecule has 1 aliphatic carbocycles. The maximum Gasteiger partial charge on any atom is 0.205 e. The summed E-state index contributed by atoms with van der Waals surface area (Å²) < 4.78 is 4.31. The minimum absolute atomic E-state index is 0.458. The molecule has 0 amide bonds. The summed E-state index contributed by atoms with van der Waals surface area (Å²) in [7, 11) is 0. The number of anilines is 2. The maximum absolute atomic E-state index is 5.06. The predicted molar refractivity (Wildman–Crippen MR) is 117 cm³/mol. The van der Waals surface area contributed by atoms with Crippen molar-refractivity contribution in [3.8, 4) is 0 Å². The third-order valence-electron chi connectivity index (χ3n) is 5.77. The topological polar surface area (TPSA) is 53.9 Å². The number of fused-ring (bicyclic) bond motifs is 1. The largest absolute Gasteiger partial charge is 0.359 e. The molecule has 28 heavy (non-hydrogen) atoms. The van der Waals surface area contributed by atoms with Gasteiger partial charge < -0.3 is 10.2 Å². The Kier molecular flexibility index (Phi) is 5.03. The fourth-order valence-electron chi connectivity index (χ4n) is 4.29. The number of nitrogens with zero attached hydrogens (tertiary/aromatic N) is 4. The molecule has 1 aromatic carbocycles. The lowest BCUT2D eigenvalue weighted by molar-refractivity contribution is 0.525. The summed E-state index contributed by atoms with van der Waals surface area (Å²) in [6.07, 6.45) is 5.87. The second-order valence-electron chi connectivity index (χ2n) is 7.71. The normalized spacial score (nSPS) is 20.2. The molecule has 5 nitrogen and oxygen atoms in total. The van der Waals surface area contributed by atoms with E-state index in [-0.39, 0.29) is 0 Å². The smallest absolute Gasteiger partial charge is 0.205 e. The quantitative estimate of drug-likeness (QED) is 0.665. The third kappa shape index (κ3) is 3.65. The van der Waals surface area contributed by atoms with Crippen LogP contribution in [0.3, 0.4) is 0 Å². The highest BCUT2D eigenvalue weighted by molar-refractivity contribution is 7.15. The number of aromatic nitrogens is 3. The third-order valence-corrected chi connectivity index (χ3v) is 7.70. The van der Waals surface area contributed by atoms with Crippen molar-refractivity contribution in [3.63, 3.8) is 0 Å². The van der Waals surface area contributed by atoms with E-state index in [0.717, 1.165) is 42.0 Å². The molecule has 0 saturated carbocycles. The van der Waals surface area contributed by atoms with Crippen LogP contribution in [0.1, 0.15) is 53.6 Å². The Morgan fingerprint density at radius 2 is 1.89 bits per heavy atom. The molecular formula is C21H25N5S2. The minimum atomic E-state index is 0.458. The molecule has 5 rings (SSSR count). The number of nitrogens with one attached hydrogen (secondary N) is 1. The summed E-state index contributed by atoms with van der Waals surface area (Å²) in [6, 6.07) is 11.4. The van der Waals surface area contributed by atoms with Crippen LogP contribution in [0, 0.1) is 6.92 Å². The molecular weight excluding hydrogens is 386 g/mol. The molecule has 3 aromatic rings. The van der Waals surface area contributed by atoms with Crippen molar-refractivity contribution in [1.29, 1.82) is 0 Å². The summed E-state index contributed by atoms with van der Waals surface area (Å²) >= 11 is 3.38. The van der Waals surface area contributed by atoms with Crippen molar-refractivity contribution in [3.05, 3.63) is 52.3 Å². The van der Waals surface area contributed by atoms with Gasteiger partial charge in [-0.05, 0) is 44.6 Å². The summed E-state index contributed by atoms with van der Waals surface area (Å²) in [5, 5.41) is 5.91. The van der Waals surface area contributed by atoms with Gasteiger partial charge in [-0.15, -0.1) is 11.3 Å². The molecule has 2 aromatic heterocycles. The lowest BCUT2D eigenvalue weighted by Crippen LogP contribution is -2.39. The van der Waals surface area contributed by atoms with Gasteiger partial charge in [0, 0.05) is 41.5 Å². The van der Waals surface area contributed by atoms with Crippen LogP contribution in [0.5, 0.6) is 0 Å². The van der Waals surface area contributed by atoms with Gasteiger partial charge >= 0.3 is 0 Å². The van der Waals surface area contributed by atoms with Gasteiger partial charge in [0.15, 0.2) is 5.13 Å². The first kappa shape index (κ1) is 18.1. The average Bonchev–Trinajstić information content (AvgIpc) is 3.34. The monoisotopic (exact) mass is 411 g/mol. The number of hydrogen-bond donors (Lipinski definition) is 1. The molecule has 0 radical (unpaired) electrons. The van der Waals surface area contributed by atoms with Crippen molar-refractivity contribution >= 4 is 33.1 Å². The van der Waals surface area contributed by atoms with Gasteiger partial charge in [-0.1, -0.05) is 30.3 Å². The van der Waals surface area contributed by atoms with E-state index in [9.17, 15) is 0 Å². The summed E-state index contributed by atoms with van der Waals surface area (Å²) in [6.45, 7) is 4.02. The van der Waals surface area contributed by atoms with Gasteiger partial charge in [0.2, 0.25) is 5.13 Å².